The molecule has 2 nitrogen and oxygen atoms in total. The van der Waals surface area contributed by atoms with Crippen LogP contribution in [-0.4, -0.2) is 0 Å². The number of hydrazine groups is 1. The average Bonchev–Trinajstić information content (AvgIpc) is 2.30. The van der Waals surface area contributed by atoms with E-state index >= 15 is 0 Å². The zero-order valence-corrected chi connectivity index (χ0v) is 9.40. The molecule has 0 unspecified atom stereocenters. The second-order valence-electron chi connectivity index (χ2n) is 3.83. The highest BCUT2D eigenvalue weighted by molar-refractivity contribution is 5.41. The Hall–Kier alpha value is -1.80. The van der Waals surface area contributed by atoms with Crippen LogP contribution in [0.25, 0.3) is 0 Å². The summed E-state index contributed by atoms with van der Waals surface area (Å²) in [4.78, 5) is 0. The first-order valence-corrected chi connectivity index (χ1v) is 5.44. The van der Waals surface area contributed by atoms with Crippen LogP contribution in [0.2, 0.25) is 0 Å². The quantitative estimate of drug-likeness (QED) is 0.761. The molecule has 2 aromatic rings. The van der Waals surface area contributed by atoms with Gasteiger partial charge in [-0.15, -0.1) is 0 Å². The molecule has 2 rings (SSSR count). The molecule has 82 valence electrons. The lowest BCUT2D eigenvalue weighted by molar-refractivity contribution is 0.800. The van der Waals surface area contributed by atoms with Gasteiger partial charge in [-0.2, -0.15) is 0 Å². The highest BCUT2D eigenvalue weighted by atomic mass is 15.3. The third-order valence-electron chi connectivity index (χ3n) is 2.38. The molecule has 16 heavy (non-hydrogen) atoms. The monoisotopic (exact) mass is 212 g/mol. The first kappa shape index (κ1) is 10.7. The van der Waals surface area contributed by atoms with Crippen LogP contribution >= 0.6 is 0 Å². The van der Waals surface area contributed by atoms with Crippen LogP contribution in [0.3, 0.4) is 0 Å². The van der Waals surface area contributed by atoms with Crippen LogP contribution in [0.1, 0.15) is 11.1 Å². The van der Waals surface area contributed by atoms with Crippen molar-refractivity contribution in [3.63, 3.8) is 0 Å². The van der Waals surface area contributed by atoms with Crippen LogP contribution in [0.5, 0.6) is 0 Å². The highest BCUT2D eigenvalue weighted by Gasteiger charge is 1.92. The first-order valence-electron chi connectivity index (χ1n) is 5.44. The molecule has 0 aliphatic rings. The fourth-order valence-electron chi connectivity index (χ4n) is 1.59. The van der Waals surface area contributed by atoms with Crippen molar-refractivity contribution >= 4 is 5.69 Å². The van der Waals surface area contributed by atoms with Gasteiger partial charge in [-0.25, -0.2) is 5.43 Å². The molecule has 0 spiro atoms. The van der Waals surface area contributed by atoms with E-state index in [0.717, 1.165) is 12.2 Å². The number of rotatable bonds is 4. The van der Waals surface area contributed by atoms with E-state index in [1.54, 1.807) is 0 Å². The molecule has 0 atom stereocenters. The van der Waals surface area contributed by atoms with Crippen molar-refractivity contribution in [2.75, 3.05) is 5.43 Å². The lowest BCUT2D eigenvalue weighted by Gasteiger charge is -2.08. The molecular weight excluding hydrogens is 196 g/mol. The van der Waals surface area contributed by atoms with E-state index in [2.05, 4.69) is 42.0 Å². The summed E-state index contributed by atoms with van der Waals surface area (Å²) in [6.07, 6.45) is 0. The Balaban J connectivity index is 1.85. The zero-order valence-electron chi connectivity index (χ0n) is 9.40. The van der Waals surface area contributed by atoms with Gasteiger partial charge in [0.1, 0.15) is 0 Å². The van der Waals surface area contributed by atoms with E-state index in [4.69, 9.17) is 0 Å². The molecule has 0 aromatic heterocycles. The van der Waals surface area contributed by atoms with Gasteiger partial charge in [0.2, 0.25) is 0 Å². The molecule has 0 radical (unpaired) electrons. The largest absolute Gasteiger partial charge is 0.321 e. The van der Waals surface area contributed by atoms with E-state index < -0.39 is 0 Å². The fraction of sp³-hybridized carbons (Fsp3) is 0.143. The van der Waals surface area contributed by atoms with Crippen molar-refractivity contribution < 1.29 is 0 Å². The van der Waals surface area contributed by atoms with Gasteiger partial charge in [0.25, 0.3) is 0 Å². The fourth-order valence-corrected chi connectivity index (χ4v) is 1.59. The van der Waals surface area contributed by atoms with Crippen molar-refractivity contribution in [3.8, 4) is 0 Å². The number of hydrogen-bond donors (Lipinski definition) is 2. The lowest BCUT2D eigenvalue weighted by Crippen LogP contribution is -2.20. The number of hydrogen-bond acceptors (Lipinski definition) is 2. The van der Waals surface area contributed by atoms with E-state index in [-0.39, 0.29) is 0 Å². The number of anilines is 1. The molecule has 0 bridgehead atoms. The Kier molecular flexibility index (Phi) is 3.57. The second-order valence-corrected chi connectivity index (χ2v) is 3.83. The Morgan fingerprint density at radius 3 is 2.50 bits per heavy atom. The van der Waals surface area contributed by atoms with Gasteiger partial charge in [0.05, 0.1) is 0 Å². The highest BCUT2D eigenvalue weighted by Crippen LogP contribution is 2.05. The molecule has 2 N–H and O–H groups in total. The van der Waals surface area contributed by atoms with Crippen molar-refractivity contribution in [3.05, 3.63) is 65.7 Å². The minimum atomic E-state index is 0.816. The van der Waals surface area contributed by atoms with Crippen LogP contribution in [0.4, 0.5) is 5.69 Å². The minimum absolute atomic E-state index is 0.816. The molecule has 0 aliphatic carbocycles. The average molecular weight is 212 g/mol. The molecule has 0 heterocycles. The summed E-state index contributed by atoms with van der Waals surface area (Å²) >= 11 is 0. The maximum absolute atomic E-state index is 3.20. The molecular formula is C14H16N2. The van der Waals surface area contributed by atoms with Crippen molar-refractivity contribution in [1.82, 2.24) is 5.43 Å². The van der Waals surface area contributed by atoms with Crippen molar-refractivity contribution in [2.24, 2.45) is 0 Å². The molecule has 2 heteroatoms. The van der Waals surface area contributed by atoms with Crippen LogP contribution < -0.4 is 10.9 Å². The normalized spacial score (nSPS) is 10.1. The van der Waals surface area contributed by atoms with E-state index in [1.165, 1.54) is 11.1 Å². The summed E-state index contributed by atoms with van der Waals surface area (Å²) in [5.41, 5.74) is 10.0. The zero-order chi connectivity index (χ0) is 11.2. The van der Waals surface area contributed by atoms with Gasteiger partial charge in [-0.1, -0.05) is 48.0 Å². The summed E-state index contributed by atoms with van der Waals surface area (Å²) in [5, 5.41) is 0. The van der Waals surface area contributed by atoms with E-state index in [9.17, 15) is 0 Å². The third-order valence-corrected chi connectivity index (χ3v) is 2.38. The van der Waals surface area contributed by atoms with Crippen molar-refractivity contribution in [1.29, 1.82) is 0 Å². The van der Waals surface area contributed by atoms with Gasteiger partial charge in [0, 0.05) is 12.2 Å². The predicted octanol–water partition coefficient (Wildman–Crippen LogP) is 3.11. The molecule has 0 fully saturated rings. The van der Waals surface area contributed by atoms with Gasteiger partial charge in [0.15, 0.2) is 0 Å². The standard InChI is InChI=1S/C14H16N2/c1-12-6-5-7-13(10-12)11-15-16-14-8-3-2-4-9-14/h2-10,15-16H,11H2,1H3. The van der Waals surface area contributed by atoms with E-state index in [1.807, 2.05) is 30.3 Å². The molecule has 0 aliphatic heterocycles. The summed E-state index contributed by atoms with van der Waals surface area (Å²) < 4.78 is 0. The van der Waals surface area contributed by atoms with Crippen LogP contribution in [-0.2, 0) is 6.54 Å². The summed E-state index contributed by atoms with van der Waals surface area (Å²) in [5.74, 6) is 0. The summed E-state index contributed by atoms with van der Waals surface area (Å²) in [7, 11) is 0. The van der Waals surface area contributed by atoms with Gasteiger partial charge >= 0.3 is 0 Å². The molecule has 0 saturated heterocycles. The Morgan fingerprint density at radius 2 is 1.75 bits per heavy atom. The van der Waals surface area contributed by atoms with Crippen LogP contribution in [0, 0.1) is 6.92 Å². The molecule has 0 amide bonds. The van der Waals surface area contributed by atoms with Gasteiger partial charge in [-0.05, 0) is 24.6 Å². The lowest BCUT2D eigenvalue weighted by atomic mass is 10.1. The maximum Gasteiger partial charge on any atom is 0.0487 e. The van der Waals surface area contributed by atoms with Crippen molar-refractivity contribution in [2.45, 2.75) is 13.5 Å². The Labute approximate surface area is 96.3 Å². The Morgan fingerprint density at radius 1 is 0.938 bits per heavy atom. The van der Waals surface area contributed by atoms with Crippen LogP contribution in [0.15, 0.2) is 54.6 Å². The molecule has 2 aromatic carbocycles. The van der Waals surface area contributed by atoms with Gasteiger partial charge < -0.3 is 5.43 Å². The smallest absolute Gasteiger partial charge is 0.0487 e. The van der Waals surface area contributed by atoms with E-state index in [0.29, 0.717) is 0 Å². The maximum atomic E-state index is 3.20. The SMILES string of the molecule is Cc1cccc(CNNc2ccccc2)c1. The minimum Gasteiger partial charge on any atom is -0.321 e. The first-order chi connectivity index (χ1) is 7.84. The number of benzene rings is 2. The Bertz CT molecular complexity index is 437. The number of nitrogens with one attached hydrogen (secondary N) is 2. The number of para-hydroxylation sites is 1. The molecule has 0 saturated carbocycles. The summed E-state index contributed by atoms with van der Waals surface area (Å²) in [6.45, 7) is 2.92. The summed E-state index contributed by atoms with van der Waals surface area (Å²) in [6, 6.07) is 18.6. The second kappa shape index (κ2) is 5.33. The van der Waals surface area contributed by atoms with Gasteiger partial charge in [-0.3, -0.25) is 0 Å². The third kappa shape index (κ3) is 3.11. The topological polar surface area (TPSA) is 24.1 Å². The predicted molar refractivity (Wildman–Crippen MR) is 68.1 cm³/mol. The number of aryl methyl sites for hydroxylation is 1.